The minimum atomic E-state index is -0.0407. The van der Waals surface area contributed by atoms with Crippen molar-refractivity contribution in [1.29, 1.82) is 5.26 Å². The second kappa shape index (κ2) is 8.03. The van der Waals surface area contributed by atoms with Crippen LogP contribution < -0.4 is 4.90 Å². The number of benzene rings is 2. The lowest BCUT2D eigenvalue weighted by Gasteiger charge is -2.22. The van der Waals surface area contributed by atoms with Crippen LogP contribution in [0.4, 0.5) is 5.69 Å². The Hall–Kier alpha value is -3.53. The Morgan fingerprint density at radius 1 is 1.23 bits per heavy atom. The van der Waals surface area contributed by atoms with Crippen LogP contribution >= 0.6 is 0 Å². The van der Waals surface area contributed by atoms with Crippen molar-refractivity contribution in [3.8, 4) is 11.8 Å². The van der Waals surface area contributed by atoms with Crippen LogP contribution in [0.5, 0.6) is 0 Å². The van der Waals surface area contributed by atoms with Gasteiger partial charge in [-0.25, -0.2) is 4.68 Å². The average Bonchev–Trinajstić information content (AvgIpc) is 3.17. The normalized spacial score (nSPS) is 10.3. The SMILES string of the molecule is Cc1cccc(N(CCC#N)C(=O)Cc2ccc(-n3cnnn3)cc2)c1. The van der Waals surface area contributed by atoms with E-state index in [1.807, 2.05) is 55.5 Å². The fourth-order valence-corrected chi connectivity index (χ4v) is 2.67. The van der Waals surface area contributed by atoms with Crippen LogP contribution in [0, 0.1) is 18.3 Å². The molecule has 0 radical (unpaired) electrons. The summed E-state index contributed by atoms with van der Waals surface area (Å²) in [5.74, 6) is -0.0407. The van der Waals surface area contributed by atoms with E-state index >= 15 is 0 Å². The van der Waals surface area contributed by atoms with E-state index in [0.717, 1.165) is 22.5 Å². The van der Waals surface area contributed by atoms with Gasteiger partial charge in [-0.3, -0.25) is 4.79 Å². The zero-order chi connectivity index (χ0) is 18.4. The zero-order valence-electron chi connectivity index (χ0n) is 14.4. The van der Waals surface area contributed by atoms with Crippen LogP contribution in [0.1, 0.15) is 17.5 Å². The van der Waals surface area contributed by atoms with E-state index in [2.05, 4.69) is 21.6 Å². The first-order chi connectivity index (χ1) is 12.7. The first-order valence-electron chi connectivity index (χ1n) is 8.23. The second-order valence-electron chi connectivity index (χ2n) is 5.89. The predicted octanol–water partition coefficient (Wildman–Crippen LogP) is 2.46. The van der Waals surface area contributed by atoms with Crippen molar-refractivity contribution < 1.29 is 4.79 Å². The van der Waals surface area contributed by atoms with E-state index in [1.54, 1.807) is 9.58 Å². The first kappa shape index (κ1) is 17.3. The van der Waals surface area contributed by atoms with E-state index in [0.29, 0.717) is 6.54 Å². The van der Waals surface area contributed by atoms with Crippen LogP contribution in [0.25, 0.3) is 5.69 Å². The fraction of sp³-hybridized carbons (Fsp3) is 0.211. The van der Waals surface area contributed by atoms with Gasteiger partial charge >= 0.3 is 0 Å². The Morgan fingerprint density at radius 3 is 2.69 bits per heavy atom. The van der Waals surface area contributed by atoms with Crippen molar-refractivity contribution in [3.63, 3.8) is 0 Å². The van der Waals surface area contributed by atoms with Crippen LogP contribution in [0.2, 0.25) is 0 Å². The Kier molecular flexibility index (Phi) is 5.34. The molecule has 7 nitrogen and oxygen atoms in total. The average molecular weight is 346 g/mol. The lowest BCUT2D eigenvalue weighted by atomic mass is 10.1. The lowest BCUT2D eigenvalue weighted by Crippen LogP contribution is -2.33. The highest BCUT2D eigenvalue weighted by Gasteiger charge is 2.16. The van der Waals surface area contributed by atoms with Gasteiger partial charge in [0, 0.05) is 12.2 Å². The van der Waals surface area contributed by atoms with Gasteiger partial charge in [0.1, 0.15) is 6.33 Å². The van der Waals surface area contributed by atoms with Gasteiger partial charge in [-0.2, -0.15) is 5.26 Å². The molecule has 2 aromatic carbocycles. The summed E-state index contributed by atoms with van der Waals surface area (Å²) < 4.78 is 1.55. The summed E-state index contributed by atoms with van der Waals surface area (Å²) in [6.07, 6.45) is 2.06. The molecule has 1 aromatic heterocycles. The van der Waals surface area contributed by atoms with Gasteiger partial charge in [-0.1, -0.05) is 24.3 Å². The van der Waals surface area contributed by atoms with Crippen LogP contribution in [0.15, 0.2) is 54.9 Å². The Morgan fingerprint density at radius 2 is 2.04 bits per heavy atom. The summed E-state index contributed by atoms with van der Waals surface area (Å²) in [4.78, 5) is 14.5. The number of aryl methyl sites for hydroxylation is 1. The number of nitriles is 1. The van der Waals surface area contributed by atoms with Gasteiger partial charge in [0.05, 0.1) is 24.6 Å². The van der Waals surface area contributed by atoms with E-state index in [4.69, 9.17) is 5.26 Å². The van der Waals surface area contributed by atoms with Crippen LogP contribution in [0.3, 0.4) is 0 Å². The largest absolute Gasteiger partial charge is 0.311 e. The third-order valence-electron chi connectivity index (χ3n) is 3.97. The number of anilines is 1. The molecule has 3 rings (SSSR count). The van der Waals surface area contributed by atoms with E-state index in [1.165, 1.54) is 6.33 Å². The minimum absolute atomic E-state index is 0.0407. The number of aromatic nitrogens is 4. The molecule has 130 valence electrons. The van der Waals surface area contributed by atoms with Crippen LogP contribution in [-0.2, 0) is 11.2 Å². The topological polar surface area (TPSA) is 87.7 Å². The molecular weight excluding hydrogens is 328 g/mol. The quantitative estimate of drug-likeness (QED) is 0.684. The molecule has 0 unspecified atom stereocenters. The standard InChI is InChI=1S/C19H18N6O/c1-15-4-2-5-18(12-15)24(11-3-10-20)19(26)13-16-6-8-17(9-7-16)25-14-21-22-23-25/h2,4-9,12,14H,3,11,13H2,1H3. The number of hydrogen-bond donors (Lipinski definition) is 0. The molecule has 0 aliphatic heterocycles. The molecule has 0 saturated heterocycles. The molecular formula is C19H18N6O. The lowest BCUT2D eigenvalue weighted by molar-refractivity contribution is -0.118. The maximum Gasteiger partial charge on any atom is 0.231 e. The molecule has 0 bridgehead atoms. The van der Waals surface area contributed by atoms with Gasteiger partial charge in [0.25, 0.3) is 0 Å². The summed E-state index contributed by atoms with van der Waals surface area (Å²) in [7, 11) is 0. The van der Waals surface area contributed by atoms with Gasteiger partial charge in [-0.15, -0.1) is 5.10 Å². The maximum absolute atomic E-state index is 12.8. The van der Waals surface area contributed by atoms with Crippen molar-refractivity contribution in [1.82, 2.24) is 20.2 Å². The monoisotopic (exact) mass is 346 g/mol. The number of carbonyl (C=O) groups is 1. The third kappa shape index (κ3) is 4.11. The molecule has 7 heteroatoms. The number of tetrazole rings is 1. The molecule has 3 aromatic rings. The highest BCUT2D eigenvalue weighted by atomic mass is 16.2. The first-order valence-corrected chi connectivity index (χ1v) is 8.23. The van der Waals surface area contributed by atoms with Crippen molar-refractivity contribution in [2.45, 2.75) is 19.8 Å². The molecule has 1 heterocycles. The number of carbonyl (C=O) groups excluding carboxylic acids is 1. The van der Waals surface area contributed by atoms with Gasteiger partial charge < -0.3 is 4.90 Å². The molecule has 0 spiro atoms. The predicted molar refractivity (Wildman–Crippen MR) is 96.6 cm³/mol. The molecule has 0 atom stereocenters. The summed E-state index contributed by atoms with van der Waals surface area (Å²) in [5, 5.41) is 20.0. The second-order valence-corrected chi connectivity index (χ2v) is 5.89. The van der Waals surface area contributed by atoms with E-state index in [9.17, 15) is 4.79 Å². The summed E-state index contributed by atoms with van der Waals surface area (Å²) in [6, 6.07) is 17.3. The molecule has 26 heavy (non-hydrogen) atoms. The van der Waals surface area contributed by atoms with E-state index < -0.39 is 0 Å². The van der Waals surface area contributed by atoms with Gasteiger partial charge in [0.15, 0.2) is 0 Å². The molecule has 0 fully saturated rings. The van der Waals surface area contributed by atoms with Gasteiger partial charge in [0.2, 0.25) is 5.91 Å². The van der Waals surface area contributed by atoms with Crippen molar-refractivity contribution in [2.24, 2.45) is 0 Å². The summed E-state index contributed by atoms with van der Waals surface area (Å²) >= 11 is 0. The summed E-state index contributed by atoms with van der Waals surface area (Å²) in [6.45, 7) is 2.36. The molecule has 1 amide bonds. The number of hydrogen-bond acceptors (Lipinski definition) is 5. The Bertz CT molecular complexity index is 912. The molecule has 0 N–H and O–H groups in total. The molecule has 0 saturated carbocycles. The highest BCUT2D eigenvalue weighted by molar-refractivity contribution is 5.94. The van der Waals surface area contributed by atoms with Crippen molar-refractivity contribution in [2.75, 3.05) is 11.4 Å². The fourth-order valence-electron chi connectivity index (χ4n) is 2.67. The van der Waals surface area contributed by atoms with Crippen molar-refractivity contribution >= 4 is 11.6 Å². The van der Waals surface area contributed by atoms with Gasteiger partial charge in [-0.05, 0) is 52.7 Å². The Labute approximate surface area is 151 Å². The zero-order valence-corrected chi connectivity index (χ0v) is 14.4. The molecule has 0 aliphatic rings. The smallest absolute Gasteiger partial charge is 0.231 e. The highest BCUT2D eigenvalue weighted by Crippen LogP contribution is 2.18. The number of nitrogens with zero attached hydrogens (tertiary/aromatic N) is 6. The maximum atomic E-state index is 12.8. The summed E-state index contributed by atoms with van der Waals surface area (Å²) in [5.41, 5.74) is 3.60. The number of amides is 1. The third-order valence-corrected chi connectivity index (χ3v) is 3.97. The van der Waals surface area contributed by atoms with Crippen molar-refractivity contribution in [3.05, 3.63) is 66.0 Å². The number of rotatable bonds is 6. The minimum Gasteiger partial charge on any atom is -0.311 e. The van der Waals surface area contributed by atoms with E-state index in [-0.39, 0.29) is 18.7 Å². The van der Waals surface area contributed by atoms with Crippen LogP contribution in [-0.4, -0.2) is 32.7 Å². The molecule has 0 aliphatic carbocycles. The Balaban J connectivity index is 1.76.